The predicted octanol–water partition coefficient (Wildman–Crippen LogP) is 3.17. The number of anilines is 2. The van der Waals surface area contributed by atoms with Gasteiger partial charge in [-0.25, -0.2) is 9.18 Å². The number of benzene rings is 1. The SMILES string of the molecule is Cc1c(F)cccc1Nc1ccc(C(=O)O)o1. The first kappa shape index (κ1) is 11.2. The molecule has 0 aliphatic heterocycles. The maximum Gasteiger partial charge on any atom is 0.371 e. The summed E-state index contributed by atoms with van der Waals surface area (Å²) in [5.74, 6) is -1.38. The molecule has 1 aromatic heterocycles. The first-order valence-electron chi connectivity index (χ1n) is 4.93. The highest BCUT2D eigenvalue weighted by molar-refractivity contribution is 5.85. The molecule has 17 heavy (non-hydrogen) atoms. The Morgan fingerprint density at radius 2 is 2.12 bits per heavy atom. The summed E-state index contributed by atoms with van der Waals surface area (Å²) in [4.78, 5) is 10.6. The number of hydrogen-bond donors (Lipinski definition) is 2. The van der Waals surface area contributed by atoms with E-state index in [4.69, 9.17) is 9.52 Å². The van der Waals surface area contributed by atoms with Gasteiger partial charge in [-0.05, 0) is 25.1 Å². The van der Waals surface area contributed by atoms with Gasteiger partial charge in [-0.3, -0.25) is 0 Å². The van der Waals surface area contributed by atoms with Crippen LogP contribution in [0.1, 0.15) is 16.1 Å². The highest BCUT2D eigenvalue weighted by atomic mass is 19.1. The molecule has 5 heteroatoms. The summed E-state index contributed by atoms with van der Waals surface area (Å²) in [6.45, 7) is 1.62. The van der Waals surface area contributed by atoms with E-state index in [1.165, 1.54) is 18.2 Å². The molecular weight excluding hydrogens is 225 g/mol. The van der Waals surface area contributed by atoms with E-state index >= 15 is 0 Å². The lowest BCUT2D eigenvalue weighted by molar-refractivity contribution is 0.0663. The van der Waals surface area contributed by atoms with Gasteiger partial charge in [0.15, 0.2) is 5.88 Å². The Hall–Kier alpha value is -2.30. The minimum absolute atomic E-state index is 0.165. The van der Waals surface area contributed by atoms with Gasteiger partial charge in [0, 0.05) is 17.3 Å². The third-order valence-corrected chi connectivity index (χ3v) is 2.34. The molecule has 88 valence electrons. The van der Waals surface area contributed by atoms with Crippen LogP contribution in [0.2, 0.25) is 0 Å². The molecule has 0 saturated heterocycles. The van der Waals surface area contributed by atoms with Crippen molar-refractivity contribution in [2.75, 3.05) is 5.32 Å². The molecule has 2 aromatic rings. The van der Waals surface area contributed by atoms with Crippen LogP contribution in [0.25, 0.3) is 0 Å². The Kier molecular flexibility index (Phi) is 2.82. The lowest BCUT2D eigenvalue weighted by Gasteiger charge is -2.06. The molecule has 2 rings (SSSR count). The highest BCUT2D eigenvalue weighted by Crippen LogP contribution is 2.23. The van der Waals surface area contributed by atoms with Gasteiger partial charge in [0.25, 0.3) is 0 Å². The van der Waals surface area contributed by atoms with E-state index in [-0.39, 0.29) is 17.5 Å². The first-order chi connectivity index (χ1) is 8.08. The van der Waals surface area contributed by atoms with Crippen LogP contribution < -0.4 is 5.32 Å². The summed E-state index contributed by atoms with van der Waals surface area (Å²) in [6.07, 6.45) is 0. The van der Waals surface area contributed by atoms with E-state index in [2.05, 4.69) is 5.32 Å². The summed E-state index contributed by atoms with van der Waals surface area (Å²) in [5.41, 5.74) is 0.983. The Labute approximate surface area is 96.7 Å². The van der Waals surface area contributed by atoms with Crippen LogP contribution in [-0.4, -0.2) is 11.1 Å². The van der Waals surface area contributed by atoms with Gasteiger partial charge in [-0.2, -0.15) is 0 Å². The van der Waals surface area contributed by atoms with Crippen molar-refractivity contribution in [1.82, 2.24) is 0 Å². The number of carbonyl (C=O) groups is 1. The zero-order valence-electron chi connectivity index (χ0n) is 9.03. The topological polar surface area (TPSA) is 62.5 Å². The van der Waals surface area contributed by atoms with E-state index in [0.717, 1.165) is 0 Å². The van der Waals surface area contributed by atoms with E-state index in [9.17, 15) is 9.18 Å². The van der Waals surface area contributed by atoms with Crippen molar-refractivity contribution in [2.24, 2.45) is 0 Å². The molecule has 0 unspecified atom stereocenters. The molecule has 0 aliphatic carbocycles. The highest BCUT2D eigenvalue weighted by Gasteiger charge is 2.10. The molecular formula is C12H10FNO3. The minimum atomic E-state index is -1.14. The molecule has 0 fully saturated rings. The number of halogens is 1. The van der Waals surface area contributed by atoms with Gasteiger partial charge in [0.1, 0.15) is 5.82 Å². The number of aromatic carboxylic acids is 1. The molecule has 1 heterocycles. The molecule has 2 N–H and O–H groups in total. The Bertz CT molecular complexity index is 563. The summed E-state index contributed by atoms with van der Waals surface area (Å²) in [5, 5.41) is 11.5. The summed E-state index contributed by atoms with van der Waals surface area (Å²) < 4.78 is 18.3. The van der Waals surface area contributed by atoms with Crippen LogP contribution in [0.5, 0.6) is 0 Å². The second-order valence-corrected chi connectivity index (χ2v) is 3.51. The fourth-order valence-corrected chi connectivity index (χ4v) is 1.40. The minimum Gasteiger partial charge on any atom is -0.475 e. The predicted molar refractivity (Wildman–Crippen MR) is 60.1 cm³/mol. The fourth-order valence-electron chi connectivity index (χ4n) is 1.40. The molecule has 1 aromatic carbocycles. The summed E-state index contributed by atoms with van der Waals surface area (Å²) in [7, 11) is 0. The second-order valence-electron chi connectivity index (χ2n) is 3.51. The largest absolute Gasteiger partial charge is 0.475 e. The van der Waals surface area contributed by atoms with Crippen LogP contribution in [0.4, 0.5) is 16.0 Å². The summed E-state index contributed by atoms with van der Waals surface area (Å²) in [6, 6.07) is 7.41. The zero-order valence-corrected chi connectivity index (χ0v) is 9.03. The number of carboxylic acids is 1. The van der Waals surface area contributed by atoms with Gasteiger partial charge in [0.2, 0.25) is 5.76 Å². The molecule has 0 atom stereocenters. The summed E-state index contributed by atoms with van der Waals surface area (Å²) >= 11 is 0. The molecule has 0 spiro atoms. The van der Waals surface area contributed by atoms with Gasteiger partial charge < -0.3 is 14.8 Å². The zero-order chi connectivity index (χ0) is 12.4. The normalized spacial score (nSPS) is 10.2. The number of furan rings is 1. The molecule has 0 amide bonds. The van der Waals surface area contributed by atoms with E-state index in [1.54, 1.807) is 19.1 Å². The number of hydrogen-bond acceptors (Lipinski definition) is 3. The van der Waals surface area contributed by atoms with E-state index in [0.29, 0.717) is 11.3 Å². The van der Waals surface area contributed by atoms with Crippen molar-refractivity contribution in [2.45, 2.75) is 6.92 Å². The van der Waals surface area contributed by atoms with Crippen LogP contribution in [0, 0.1) is 12.7 Å². The maximum absolute atomic E-state index is 13.3. The van der Waals surface area contributed by atoms with Crippen molar-refractivity contribution in [3.8, 4) is 0 Å². The van der Waals surface area contributed by atoms with Gasteiger partial charge in [-0.1, -0.05) is 6.07 Å². The number of nitrogens with one attached hydrogen (secondary N) is 1. The first-order valence-corrected chi connectivity index (χ1v) is 4.93. The van der Waals surface area contributed by atoms with Crippen LogP contribution in [0.3, 0.4) is 0 Å². The Morgan fingerprint density at radius 3 is 2.76 bits per heavy atom. The van der Waals surface area contributed by atoms with Crippen LogP contribution in [-0.2, 0) is 0 Å². The molecule has 0 saturated carbocycles. The number of rotatable bonds is 3. The second kappa shape index (κ2) is 4.29. The third kappa shape index (κ3) is 2.28. The van der Waals surface area contributed by atoms with Crippen LogP contribution in [0.15, 0.2) is 34.7 Å². The van der Waals surface area contributed by atoms with Gasteiger partial charge >= 0.3 is 5.97 Å². The molecule has 4 nitrogen and oxygen atoms in total. The van der Waals surface area contributed by atoms with Crippen LogP contribution >= 0.6 is 0 Å². The monoisotopic (exact) mass is 235 g/mol. The van der Waals surface area contributed by atoms with Crippen molar-refractivity contribution >= 4 is 17.5 Å². The van der Waals surface area contributed by atoms with Crippen molar-refractivity contribution in [3.63, 3.8) is 0 Å². The average molecular weight is 235 g/mol. The average Bonchev–Trinajstić information content (AvgIpc) is 2.73. The van der Waals surface area contributed by atoms with E-state index in [1.807, 2.05) is 0 Å². The smallest absolute Gasteiger partial charge is 0.371 e. The standard InChI is InChI=1S/C12H10FNO3/c1-7-8(13)3-2-4-9(7)14-11-6-5-10(17-11)12(15)16/h2-6,14H,1H3,(H,15,16). The third-order valence-electron chi connectivity index (χ3n) is 2.34. The van der Waals surface area contributed by atoms with Crippen molar-refractivity contribution in [3.05, 3.63) is 47.5 Å². The van der Waals surface area contributed by atoms with Crippen molar-refractivity contribution in [1.29, 1.82) is 0 Å². The maximum atomic E-state index is 13.3. The lowest BCUT2D eigenvalue weighted by Crippen LogP contribution is -1.95. The quantitative estimate of drug-likeness (QED) is 0.857. The van der Waals surface area contributed by atoms with Gasteiger partial charge in [-0.15, -0.1) is 0 Å². The molecule has 0 bridgehead atoms. The van der Waals surface area contributed by atoms with Gasteiger partial charge in [0.05, 0.1) is 0 Å². The fraction of sp³-hybridized carbons (Fsp3) is 0.0833. The lowest BCUT2D eigenvalue weighted by atomic mass is 10.2. The Morgan fingerprint density at radius 1 is 1.35 bits per heavy atom. The number of carboxylic acid groups (broad SMARTS) is 1. The van der Waals surface area contributed by atoms with E-state index < -0.39 is 5.97 Å². The molecule has 0 radical (unpaired) electrons. The molecule has 0 aliphatic rings. The van der Waals surface area contributed by atoms with Crippen molar-refractivity contribution < 1.29 is 18.7 Å². The Balaban J connectivity index is 2.25.